The highest BCUT2D eigenvalue weighted by Gasteiger charge is 2.27. The Balaban J connectivity index is 1.32. The quantitative estimate of drug-likeness (QED) is 0.245. The molecule has 2 amide bonds. The summed E-state index contributed by atoms with van der Waals surface area (Å²) in [5.74, 6) is -1.16. The summed E-state index contributed by atoms with van der Waals surface area (Å²) in [6, 6.07) is 0. The zero-order chi connectivity index (χ0) is 28.5. The van der Waals surface area contributed by atoms with Gasteiger partial charge in [0, 0.05) is 22.6 Å². The van der Waals surface area contributed by atoms with Crippen LogP contribution in [0.15, 0.2) is 0 Å². The van der Waals surface area contributed by atoms with Gasteiger partial charge in [-0.2, -0.15) is 0 Å². The van der Waals surface area contributed by atoms with Crippen LogP contribution in [0.2, 0.25) is 0 Å². The van der Waals surface area contributed by atoms with Gasteiger partial charge in [0.15, 0.2) is 0 Å². The minimum absolute atomic E-state index is 0.175. The maximum absolute atomic E-state index is 12.8. The third-order valence-corrected chi connectivity index (χ3v) is 10.1. The van der Waals surface area contributed by atoms with Crippen molar-refractivity contribution in [3.63, 3.8) is 0 Å². The minimum Gasteiger partial charge on any atom is -0.465 e. The van der Waals surface area contributed by atoms with E-state index < -0.39 is 11.9 Å². The second-order valence-electron chi connectivity index (χ2n) is 10.5. The van der Waals surface area contributed by atoms with Gasteiger partial charge < -0.3 is 20.1 Å². The normalized spacial score (nSPS) is 15.3. The average Bonchev–Trinajstić information content (AvgIpc) is 3.41. The zero-order valence-corrected chi connectivity index (χ0v) is 25.2. The first-order valence-electron chi connectivity index (χ1n) is 14.5. The number of carbonyl (C=O) groups excluding carboxylic acids is 4. The molecule has 2 aliphatic rings. The van der Waals surface area contributed by atoms with Crippen molar-refractivity contribution in [2.24, 2.45) is 0 Å². The highest BCUT2D eigenvalue weighted by atomic mass is 32.1. The van der Waals surface area contributed by atoms with Gasteiger partial charge in [-0.3, -0.25) is 9.59 Å². The van der Waals surface area contributed by atoms with Crippen molar-refractivity contribution in [1.29, 1.82) is 0 Å². The monoisotopic (exact) mass is 588 g/mol. The lowest BCUT2D eigenvalue weighted by molar-refractivity contribution is -0.118. The molecule has 0 spiro atoms. The van der Waals surface area contributed by atoms with Gasteiger partial charge in [0.2, 0.25) is 11.8 Å². The van der Waals surface area contributed by atoms with Gasteiger partial charge in [-0.25, -0.2) is 9.59 Å². The van der Waals surface area contributed by atoms with Gasteiger partial charge in [0.25, 0.3) is 0 Å². The summed E-state index contributed by atoms with van der Waals surface area (Å²) in [4.78, 5) is 53.0. The fourth-order valence-corrected chi connectivity index (χ4v) is 8.19. The maximum atomic E-state index is 12.8. The van der Waals surface area contributed by atoms with Crippen molar-refractivity contribution in [3.8, 4) is 0 Å². The SMILES string of the molecule is COC(=O)c1c(NC(=O)CCCCC(=O)Nc2sc3c(c2C(=O)OC)CCCCCC3)sc2c1CCCCCC2. The first-order valence-corrected chi connectivity index (χ1v) is 16.1. The lowest BCUT2D eigenvalue weighted by atomic mass is 9.96. The maximum Gasteiger partial charge on any atom is 0.341 e. The highest BCUT2D eigenvalue weighted by molar-refractivity contribution is 7.17. The lowest BCUT2D eigenvalue weighted by Gasteiger charge is -2.11. The Bertz CT molecular complexity index is 1140. The molecule has 0 saturated carbocycles. The Morgan fingerprint density at radius 2 is 0.975 bits per heavy atom. The van der Waals surface area contributed by atoms with E-state index in [0.717, 1.165) is 75.3 Å². The Kier molecular flexibility index (Phi) is 11.2. The molecule has 2 aliphatic carbocycles. The molecule has 0 fully saturated rings. The van der Waals surface area contributed by atoms with E-state index in [1.165, 1.54) is 59.5 Å². The van der Waals surface area contributed by atoms with E-state index in [1.807, 2.05) is 0 Å². The van der Waals surface area contributed by atoms with E-state index in [9.17, 15) is 19.2 Å². The standard InChI is InChI=1S/C30H40N2O6S2/c1-37-29(35)25-19-13-7-3-5-9-15-21(19)39-27(25)31-23(33)17-11-12-18-24(34)32-28-26(30(36)38-2)20-14-8-4-6-10-16-22(20)40-28/h3-18H2,1-2H3,(H,31,33)(H,32,34). The van der Waals surface area contributed by atoms with Crippen LogP contribution in [0, 0.1) is 0 Å². The second-order valence-corrected chi connectivity index (χ2v) is 12.7. The van der Waals surface area contributed by atoms with Gasteiger partial charge in [-0.15, -0.1) is 22.7 Å². The van der Waals surface area contributed by atoms with Crippen LogP contribution in [-0.4, -0.2) is 38.0 Å². The highest BCUT2D eigenvalue weighted by Crippen LogP contribution is 2.39. The molecule has 0 saturated heterocycles. The number of carbonyl (C=O) groups is 4. The molecule has 2 heterocycles. The predicted octanol–water partition coefficient (Wildman–Crippen LogP) is 6.84. The number of nitrogens with one attached hydrogen (secondary N) is 2. The summed E-state index contributed by atoms with van der Waals surface area (Å²) in [6.07, 6.45) is 13.9. The topological polar surface area (TPSA) is 111 Å². The number of ether oxygens (including phenoxy) is 2. The smallest absolute Gasteiger partial charge is 0.341 e. The zero-order valence-electron chi connectivity index (χ0n) is 23.6. The molecule has 0 aromatic carbocycles. The molecular weight excluding hydrogens is 548 g/mol. The number of esters is 2. The third kappa shape index (κ3) is 7.51. The molecule has 2 aromatic heterocycles. The van der Waals surface area contributed by atoms with Gasteiger partial charge in [-0.1, -0.05) is 25.7 Å². The Hall–Kier alpha value is -2.72. The largest absolute Gasteiger partial charge is 0.465 e. The number of hydrogen-bond donors (Lipinski definition) is 2. The lowest BCUT2D eigenvalue weighted by Crippen LogP contribution is -2.16. The van der Waals surface area contributed by atoms with Crippen LogP contribution in [0.1, 0.15) is 119 Å². The average molecular weight is 589 g/mol. The molecule has 10 heteroatoms. The molecule has 2 N–H and O–H groups in total. The van der Waals surface area contributed by atoms with Crippen LogP contribution in [0.5, 0.6) is 0 Å². The Morgan fingerprint density at radius 1 is 0.600 bits per heavy atom. The molecule has 2 aromatic rings. The first-order chi connectivity index (χ1) is 19.4. The summed E-state index contributed by atoms with van der Waals surface area (Å²) in [7, 11) is 2.74. The fraction of sp³-hybridized carbons (Fsp3) is 0.600. The van der Waals surface area contributed by atoms with Crippen molar-refractivity contribution in [3.05, 3.63) is 32.0 Å². The van der Waals surface area contributed by atoms with Crippen LogP contribution in [0.25, 0.3) is 0 Å². The number of fused-ring (bicyclic) bond motifs is 2. The number of amides is 2. The Labute approximate surface area is 244 Å². The molecule has 0 aliphatic heterocycles. The molecule has 0 unspecified atom stereocenters. The molecule has 0 atom stereocenters. The van der Waals surface area contributed by atoms with Crippen molar-refractivity contribution >= 4 is 56.4 Å². The van der Waals surface area contributed by atoms with E-state index in [0.29, 0.717) is 34.0 Å². The van der Waals surface area contributed by atoms with Crippen LogP contribution < -0.4 is 10.6 Å². The predicted molar refractivity (Wildman–Crippen MR) is 159 cm³/mol. The number of rotatable bonds is 9. The van der Waals surface area contributed by atoms with Gasteiger partial charge in [-0.05, 0) is 75.3 Å². The molecule has 0 radical (unpaired) electrons. The summed E-state index contributed by atoms with van der Waals surface area (Å²) in [5.41, 5.74) is 3.06. The molecule has 218 valence electrons. The third-order valence-electron chi connectivity index (χ3n) is 7.69. The fourth-order valence-electron chi connectivity index (χ4n) is 5.60. The van der Waals surface area contributed by atoms with Crippen molar-refractivity contribution in [1.82, 2.24) is 0 Å². The number of hydrogen-bond acceptors (Lipinski definition) is 8. The van der Waals surface area contributed by atoms with Gasteiger partial charge in [0.1, 0.15) is 10.0 Å². The minimum atomic E-state index is -0.405. The van der Waals surface area contributed by atoms with E-state index in [-0.39, 0.29) is 24.7 Å². The van der Waals surface area contributed by atoms with E-state index in [2.05, 4.69) is 10.6 Å². The Morgan fingerprint density at radius 3 is 1.35 bits per heavy atom. The van der Waals surface area contributed by atoms with E-state index in [4.69, 9.17) is 9.47 Å². The van der Waals surface area contributed by atoms with Crippen molar-refractivity contribution < 1.29 is 28.7 Å². The molecule has 40 heavy (non-hydrogen) atoms. The van der Waals surface area contributed by atoms with E-state index in [1.54, 1.807) is 0 Å². The molecule has 0 bridgehead atoms. The number of thiophene rings is 2. The number of anilines is 2. The summed E-state index contributed by atoms with van der Waals surface area (Å²) >= 11 is 2.98. The van der Waals surface area contributed by atoms with E-state index >= 15 is 0 Å². The van der Waals surface area contributed by atoms with Crippen molar-refractivity contribution in [2.75, 3.05) is 24.9 Å². The molecular formula is C30H40N2O6S2. The van der Waals surface area contributed by atoms with Gasteiger partial charge >= 0.3 is 11.9 Å². The van der Waals surface area contributed by atoms with Crippen LogP contribution in [-0.2, 0) is 44.7 Å². The summed E-state index contributed by atoms with van der Waals surface area (Å²) in [6.45, 7) is 0. The first kappa shape index (κ1) is 30.2. The van der Waals surface area contributed by atoms with Gasteiger partial charge in [0.05, 0.1) is 25.3 Å². The van der Waals surface area contributed by atoms with Crippen molar-refractivity contribution in [2.45, 2.75) is 103 Å². The molecule has 8 nitrogen and oxygen atoms in total. The summed E-state index contributed by atoms with van der Waals surface area (Å²) in [5, 5.41) is 7.04. The number of methoxy groups -OCH3 is 2. The number of unbranched alkanes of at least 4 members (excludes halogenated alkanes) is 1. The van der Waals surface area contributed by atoms with Crippen LogP contribution in [0.3, 0.4) is 0 Å². The summed E-state index contributed by atoms with van der Waals surface area (Å²) < 4.78 is 10.1. The molecule has 4 rings (SSSR count). The number of aryl methyl sites for hydroxylation is 2. The second kappa shape index (κ2) is 14.8. The van der Waals surface area contributed by atoms with Crippen LogP contribution >= 0.6 is 22.7 Å². The van der Waals surface area contributed by atoms with Crippen LogP contribution in [0.4, 0.5) is 10.0 Å².